The van der Waals surface area contributed by atoms with Crippen molar-refractivity contribution in [1.29, 1.82) is 0 Å². The maximum absolute atomic E-state index is 12.3. The van der Waals surface area contributed by atoms with Crippen LogP contribution in [0.3, 0.4) is 0 Å². The first-order chi connectivity index (χ1) is 11.2. The quantitative estimate of drug-likeness (QED) is 0.820. The Morgan fingerprint density at radius 1 is 1.26 bits per heavy atom. The number of fused-ring (bicyclic) bond motifs is 1. The fourth-order valence-corrected chi connectivity index (χ4v) is 3.28. The summed E-state index contributed by atoms with van der Waals surface area (Å²) in [5, 5.41) is 4.31. The predicted molar refractivity (Wildman–Crippen MR) is 97.2 cm³/mol. The highest BCUT2D eigenvalue weighted by molar-refractivity contribution is 5.84. The molecule has 0 spiro atoms. The van der Waals surface area contributed by atoms with E-state index in [1.807, 2.05) is 18.3 Å². The molecular formula is C20H30N2O. The fourth-order valence-electron chi connectivity index (χ4n) is 3.28. The van der Waals surface area contributed by atoms with Crippen LogP contribution in [0.1, 0.15) is 58.4 Å². The monoisotopic (exact) mass is 314 g/mol. The summed E-state index contributed by atoms with van der Waals surface area (Å²) in [6.45, 7) is 7.12. The van der Waals surface area contributed by atoms with Gasteiger partial charge < -0.3 is 10.3 Å². The first-order valence-electron chi connectivity index (χ1n) is 8.98. The molecule has 3 heteroatoms. The fraction of sp³-hybridized carbons (Fsp3) is 0.550. The highest BCUT2D eigenvalue weighted by Crippen LogP contribution is 2.28. The number of H-pyrrole nitrogens is 1. The molecule has 3 nitrogen and oxygen atoms in total. The van der Waals surface area contributed by atoms with E-state index in [1.54, 1.807) is 0 Å². The highest BCUT2D eigenvalue weighted by Gasteiger charge is 2.24. The van der Waals surface area contributed by atoms with Gasteiger partial charge >= 0.3 is 0 Å². The van der Waals surface area contributed by atoms with Crippen LogP contribution < -0.4 is 5.32 Å². The summed E-state index contributed by atoms with van der Waals surface area (Å²) in [6.07, 6.45) is 7.79. The number of benzene rings is 1. The number of para-hydroxylation sites is 1. The molecule has 0 aliphatic heterocycles. The van der Waals surface area contributed by atoms with E-state index in [2.05, 4.69) is 43.2 Å². The average molecular weight is 314 g/mol. The SMILES string of the molecule is CC1CCCC(C(=O)NCc2c[nH]c3ccccc23)C1.CCC. The molecule has 1 aromatic heterocycles. The maximum Gasteiger partial charge on any atom is 0.223 e. The van der Waals surface area contributed by atoms with Crippen LogP contribution in [0.25, 0.3) is 10.9 Å². The molecule has 2 N–H and O–H groups in total. The smallest absolute Gasteiger partial charge is 0.223 e. The Hall–Kier alpha value is -1.77. The number of aromatic amines is 1. The Labute approximate surface area is 139 Å². The second-order valence-electron chi connectivity index (χ2n) is 6.75. The number of rotatable bonds is 3. The number of hydrogen-bond donors (Lipinski definition) is 2. The van der Waals surface area contributed by atoms with Crippen LogP contribution in [0.15, 0.2) is 30.5 Å². The average Bonchev–Trinajstić information content (AvgIpc) is 2.96. The van der Waals surface area contributed by atoms with E-state index < -0.39 is 0 Å². The largest absolute Gasteiger partial charge is 0.361 e. The molecule has 1 heterocycles. The molecule has 0 radical (unpaired) electrons. The van der Waals surface area contributed by atoms with E-state index in [9.17, 15) is 4.79 Å². The summed E-state index contributed by atoms with van der Waals surface area (Å²) < 4.78 is 0. The van der Waals surface area contributed by atoms with Crippen LogP contribution in [0.4, 0.5) is 0 Å². The van der Waals surface area contributed by atoms with Crippen molar-refractivity contribution >= 4 is 16.8 Å². The molecule has 1 aromatic carbocycles. The van der Waals surface area contributed by atoms with Gasteiger partial charge in [-0.15, -0.1) is 0 Å². The molecule has 0 bridgehead atoms. The summed E-state index contributed by atoms with van der Waals surface area (Å²) in [4.78, 5) is 15.5. The topological polar surface area (TPSA) is 44.9 Å². The minimum absolute atomic E-state index is 0.212. The van der Waals surface area contributed by atoms with Crippen LogP contribution in [0, 0.1) is 11.8 Å². The summed E-state index contributed by atoms with van der Waals surface area (Å²) >= 11 is 0. The highest BCUT2D eigenvalue weighted by atomic mass is 16.1. The number of amides is 1. The van der Waals surface area contributed by atoms with E-state index >= 15 is 0 Å². The van der Waals surface area contributed by atoms with Gasteiger partial charge in [-0.1, -0.05) is 58.2 Å². The summed E-state index contributed by atoms with van der Waals surface area (Å²) in [5.74, 6) is 1.12. The molecule has 1 fully saturated rings. The van der Waals surface area contributed by atoms with Crippen molar-refractivity contribution < 1.29 is 4.79 Å². The number of aromatic nitrogens is 1. The van der Waals surface area contributed by atoms with Crippen molar-refractivity contribution in [2.75, 3.05) is 0 Å². The third-order valence-corrected chi connectivity index (χ3v) is 4.44. The Kier molecular flexibility index (Phi) is 6.69. The van der Waals surface area contributed by atoms with Crippen molar-refractivity contribution in [3.63, 3.8) is 0 Å². The zero-order valence-electron chi connectivity index (χ0n) is 14.7. The summed E-state index contributed by atoms with van der Waals surface area (Å²) in [7, 11) is 0. The summed E-state index contributed by atoms with van der Waals surface area (Å²) in [6, 6.07) is 8.20. The van der Waals surface area contributed by atoms with Crippen LogP contribution in [0.5, 0.6) is 0 Å². The zero-order chi connectivity index (χ0) is 16.7. The van der Waals surface area contributed by atoms with Crippen molar-refractivity contribution in [3.8, 4) is 0 Å². The van der Waals surface area contributed by atoms with Crippen LogP contribution in [-0.2, 0) is 11.3 Å². The van der Waals surface area contributed by atoms with E-state index in [0.717, 1.165) is 23.9 Å². The number of carbonyl (C=O) groups is 1. The Balaban J connectivity index is 0.000000595. The van der Waals surface area contributed by atoms with Gasteiger partial charge in [0.15, 0.2) is 0 Å². The molecule has 126 valence electrons. The van der Waals surface area contributed by atoms with Gasteiger partial charge in [-0.3, -0.25) is 4.79 Å². The van der Waals surface area contributed by atoms with Crippen LogP contribution in [-0.4, -0.2) is 10.9 Å². The lowest BCUT2D eigenvalue weighted by molar-refractivity contribution is -0.126. The lowest BCUT2D eigenvalue weighted by Crippen LogP contribution is -2.33. The summed E-state index contributed by atoms with van der Waals surface area (Å²) in [5.41, 5.74) is 2.29. The first kappa shape index (κ1) is 17.6. The molecule has 2 atom stereocenters. The number of carbonyl (C=O) groups excluding carboxylic acids is 1. The predicted octanol–water partition coefficient (Wildman–Crippen LogP) is 5.03. The van der Waals surface area contributed by atoms with Crippen LogP contribution in [0.2, 0.25) is 0 Å². The standard InChI is InChI=1S/C17H22N2O.C3H8/c1-12-5-4-6-13(9-12)17(20)19-11-14-10-18-16-8-3-2-7-15(14)16;1-3-2/h2-3,7-8,10,12-13,18H,4-6,9,11H2,1H3,(H,19,20);3H2,1-2H3. The lowest BCUT2D eigenvalue weighted by atomic mass is 9.82. The second kappa shape index (κ2) is 8.76. The maximum atomic E-state index is 12.3. The van der Waals surface area contributed by atoms with Gasteiger partial charge in [-0.25, -0.2) is 0 Å². The third-order valence-electron chi connectivity index (χ3n) is 4.44. The molecule has 1 aliphatic rings. The molecular weight excluding hydrogens is 284 g/mol. The molecule has 2 unspecified atom stereocenters. The van der Waals surface area contributed by atoms with Gasteiger partial charge in [0.25, 0.3) is 0 Å². The molecule has 2 aromatic rings. The lowest BCUT2D eigenvalue weighted by Gasteiger charge is -2.25. The van der Waals surface area contributed by atoms with Crippen LogP contribution >= 0.6 is 0 Å². The molecule has 1 saturated carbocycles. The van der Waals surface area contributed by atoms with E-state index in [0.29, 0.717) is 12.5 Å². The van der Waals surface area contributed by atoms with E-state index in [1.165, 1.54) is 24.6 Å². The molecule has 0 saturated heterocycles. The number of nitrogens with one attached hydrogen (secondary N) is 2. The number of hydrogen-bond acceptors (Lipinski definition) is 1. The minimum Gasteiger partial charge on any atom is -0.361 e. The minimum atomic E-state index is 0.212. The Bertz CT molecular complexity index is 617. The third kappa shape index (κ3) is 4.85. The molecule has 1 aliphatic carbocycles. The normalized spacial score (nSPS) is 20.7. The van der Waals surface area contributed by atoms with Crippen molar-refractivity contribution in [2.45, 2.75) is 59.4 Å². The van der Waals surface area contributed by atoms with Gasteiger partial charge in [0, 0.05) is 29.6 Å². The van der Waals surface area contributed by atoms with Gasteiger partial charge in [-0.05, 0) is 30.4 Å². The van der Waals surface area contributed by atoms with E-state index in [-0.39, 0.29) is 11.8 Å². The van der Waals surface area contributed by atoms with Crippen molar-refractivity contribution in [1.82, 2.24) is 10.3 Å². The molecule has 3 rings (SSSR count). The Morgan fingerprint density at radius 3 is 2.74 bits per heavy atom. The van der Waals surface area contributed by atoms with Gasteiger partial charge in [0.05, 0.1) is 0 Å². The van der Waals surface area contributed by atoms with Gasteiger partial charge in [-0.2, -0.15) is 0 Å². The molecule has 23 heavy (non-hydrogen) atoms. The second-order valence-corrected chi connectivity index (χ2v) is 6.75. The molecule has 1 amide bonds. The van der Waals surface area contributed by atoms with Crippen molar-refractivity contribution in [2.24, 2.45) is 11.8 Å². The van der Waals surface area contributed by atoms with Gasteiger partial charge in [0.1, 0.15) is 0 Å². The van der Waals surface area contributed by atoms with E-state index in [4.69, 9.17) is 0 Å². The Morgan fingerprint density at radius 2 is 2.00 bits per heavy atom. The first-order valence-corrected chi connectivity index (χ1v) is 8.98. The zero-order valence-corrected chi connectivity index (χ0v) is 14.7. The van der Waals surface area contributed by atoms with Gasteiger partial charge in [0.2, 0.25) is 5.91 Å². The van der Waals surface area contributed by atoms with Crippen molar-refractivity contribution in [3.05, 3.63) is 36.0 Å².